The van der Waals surface area contributed by atoms with Crippen LogP contribution in [0.2, 0.25) is 0 Å². The lowest BCUT2D eigenvalue weighted by molar-refractivity contribution is 0.403. The zero-order chi connectivity index (χ0) is 16.6. The average Bonchev–Trinajstić information content (AvgIpc) is 2.49. The van der Waals surface area contributed by atoms with Crippen LogP contribution in [-0.4, -0.2) is 14.8 Å². The Balaban J connectivity index is 1.94. The van der Waals surface area contributed by atoms with E-state index in [4.69, 9.17) is 4.42 Å². The molecule has 0 amide bonds. The number of pyridine rings is 1. The number of nitrogens with zero attached hydrogens (tertiary/aromatic N) is 1. The quantitative estimate of drug-likeness (QED) is 0.721. The zero-order valence-corrected chi connectivity index (χ0v) is 12.4. The minimum Gasteiger partial charge on any atom is -0.504 e. The van der Waals surface area contributed by atoms with E-state index in [9.17, 15) is 19.8 Å². The summed E-state index contributed by atoms with van der Waals surface area (Å²) in [7, 11) is 0. The van der Waals surface area contributed by atoms with Gasteiger partial charge < -0.3 is 19.2 Å². The molecule has 0 radical (unpaired) electrons. The monoisotopic (exact) mass is 313 g/mol. The van der Waals surface area contributed by atoms with Gasteiger partial charge >= 0.3 is 5.63 Å². The van der Waals surface area contributed by atoms with Crippen molar-refractivity contribution in [2.45, 2.75) is 19.9 Å². The van der Waals surface area contributed by atoms with Gasteiger partial charge in [-0.15, -0.1) is 0 Å². The van der Waals surface area contributed by atoms with E-state index >= 15 is 0 Å². The predicted molar refractivity (Wildman–Crippen MR) is 85.0 cm³/mol. The Kier molecular flexibility index (Phi) is 3.65. The van der Waals surface area contributed by atoms with Crippen LogP contribution in [0.15, 0.2) is 50.5 Å². The van der Waals surface area contributed by atoms with Crippen LogP contribution in [0.1, 0.15) is 11.1 Å². The maximum Gasteiger partial charge on any atom is 0.336 e. The van der Waals surface area contributed by atoms with Gasteiger partial charge in [0.15, 0.2) is 11.5 Å². The summed E-state index contributed by atoms with van der Waals surface area (Å²) in [5.74, 6) is -0.367. The summed E-state index contributed by atoms with van der Waals surface area (Å²) in [5.41, 5.74) is 0.943. The second-order valence-corrected chi connectivity index (χ2v) is 5.38. The highest BCUT2D eigenvalue weighted by molar-refractivity contribution is 5.78. The first-order valence-corrected chi connectivity index (χ1v) is 7.10. The normalized spacial score (nSPS) is 11.0. The maximum atomic E-state index is 12.5. The molecule has 6 nitrogen and oxygen atoms in total. The lowest BCUT2D eigenvalue weighted by Crippen LogP contribution is -2.22. The van der Waals surface area contributed by atoms with Gasteiger partial charge in [-0.2, -0.15) is 0 Å². The van der Waals surface area contributed by atoms with Crippen molar-refractivity contribution in [1.29, 1.82) is 0 Å². The molecular formula is C17H15NO5. The van der Waals surface area contributed by atoms with Crippen molar-refractivity contribution in [2.24, 2.45) is 0 Å². The maximum absolute atomic E-state index is 12.5. The van der Waals surface area contributed by atoms with Crippen molar-refractivity contribution in [3.63, 3.8) is 0 Å². The molecule has 2 N–H and O–H groups in total. The van der Waals surface area contributed by atoms with E-state index in [0.717, 1.165) is 5.56 Å². The second-order valence-electron chi connectivity index (χ2n) is 5.38. The van der Waals surface area contributed by atoms with Crippen molar-refractivity contribution < 1.29 is 14.6 Å². The zero-order valence-electron chi connectivity index (χ0n) is 12.4. The van der Waals surface area contributed by atoms with Crippen LogP contribution in [0.3, 0.4) is 0 Å². The summed E-state index contributed by atoms with van der Waals surface area (Å²) in [4.78, 5) is 23.9. The molecule has 0 saturated heterocycles. The van der Waals surface area contributed by atoms with Crippen molar-refractivity contribution in [1.82, 2.24) is 4.57 Å². The van der Waals surface area contributed by atoms with Crippen LogP contribution < -0.4 is 11.2 Å². The molecule has 118 valence electrons. The summed E-state index contributed by atoms with van der Waals surface area (Å²) >= 11 is 0. The average molecular weight is 313 g/mol. The first kappa shape index (κ1) is 14.9. The molecule has 0 atom stereocenters. The molecule has 0 spiro atoms. The van der Waals surface area contributed by atoms with Gasteiger partial charge in [0.05, 0.1) is 5.39 Å². The molecule has 0 aliphatic heterocycles. The van der Waals surface area contributed by atoms with Gasteiger partial charge in [0.25, 0.3) is 5.56 Å². The van der Waals surface area contributed by atoms with Crippen LogP contribution in [0.5, 0.6) is 11.5 Å². The Labute approximate surface area is 130 Å². The Morgan fingerprint density at radius 2 is 1.87 bits per heavy atom. The number of aromatic nitrogens is 1. The third-order valence-electron chi connectivity index (χ3n) is 3.75. The fourth-order valence-corrected chi connectivity index (χ4v) is 2.54. The van der Waals surface area contributed by atoms with E-state index in [0.29, 0.717) is 23.9 Å². The number of rotatable bonds is 3. The number of phenols is 2. The molecular weight excluding hydrogens is 298 g/mol. The molecule has 3 rings (SSSR count). The number of fused-ring (bicyclic) bond motifs is 1. The molecule has 3 aromatic rings. The van der Waals surface area contributed by atoms with E-state index < -0.39 is 5.63 Å². The Morgan fingerprint density at radius 1 is 1.09 bits per heavy atom. The van der Waals surface area contributed by atoms with Crippen LogP contribution in [0.25, 0.3) is 11.0 Å². The van der Waals surface area contributed by atoms with Gasteiger partial charge in [0.2, 0.25) is 0 Å². The molecule has 0 saturated carbocycles. The minimum absolute atomic E-state index is 0.178. The summed E-state index contributed by atoms with van der Waals surface area (Å²) in [6.07, 6.45) is 2.09. The van der Waals surface area contributed by atoms with Gasteiger partial charge in [-0.3, -0.25) is 4.79 Å². The standard InChI is InChI=1S/C17H15NO5/c1-10-8-15(21)23-14-5-7-18(17(22)16(10)14)6-4-11-2-3-12(19)13(20)9-11/h2-3,5,7-9,19-20H,4,6H2,1H3. The third-order valence-corrected chi connectivity index (χ3v) is 3.75. The molecule has 23 heavy (non-hydrogen) atoms. The molecule has 0 fully saturated rings. The van der Waals surface area contributed by atoms with Crippen molar-refractivity contribution in [3.05, 3.63) is 68.4 Å². The molecule has 0 aliphatic rings. The Bertz CT molecular complexity index is 1000. The van der Waals surface area contributed by atoms with Crippen LogP contribution in [-0.2, 0) is 13.0 Å². The van der Waals surface area contributed by atoms with E-state index in [1.165, 1.54) is 22.8 Å². The summed E-state index contributed by atoms with van der Waals surface area (Å²) in [6.45, 7) is 2.10. The van der Waals surface area contributed by atoms with Crippen LogP contribution in [0.4, 0.5) is 0 Å². The van der Waals surface area contributed by atoms with E-state index in [1.807, 2.05) is 0 Å². The van der Waals surface area contributed by atoms with Gasteiger partial charge in [0.1, 0.15) is 5.58 Å². The van der Waals surface area contributed by atoms with E-state index in [1.54, 1.807) is 25.3 Å². The molecule has 1 aromatic carbocycles. The van der Waals surface area contributed by atoms with Gasteiger partial charge in [-0.25, -0.2) is 4.79 Å². The Morgan fingerprint density at radius 3 is 2.61 bits per heavy atom. The van der Waals surface area contributed by atoms with Gasteiger partial charge in [-0.05, 0) is 42.7 Å². The van der Waals surface area contributed by atoms with E-state index in [2.05, 4.69) is 0 Å². The topological polar surface area (TPSA) is 92.7 Å². The van der Waals surface area contributed by atoms with Crippen LogP contribution in [0, 0.1) is 6.92 Å². The molecule has 6 heteroatoms. The van der Waals surface area contributed by atoms with Crippen molar-refractivity contribution >= 4 is 11.0 Å². The largest absolute Gasteiger partial charge is 0.504 e. The minimum atomic E-state index is -0.480. The first-order valence-electron chi connectivity index (χ1n) is 7.10. The second kappa shape index (κ2) is 5.64. The highest BCUT2D eigenvalue weighted by atomic mass is 16.4. The summed E-state index contributed by atoms with van der Waals surface area (Å²) in [6, 6.07) is 7.45. The van der Waals surface area contributed by atoms with Crippen molar-refractivity contribution in [3.8, 4) is 11.5 Å². The van der Waals surface area contributed by atoms with Crippen molar-refractivity contribution in [2.75, 3.05) is 0 Å². The lowest BCUT2D eigenvalue weighted by Gasteiger charge is -2.08. The summed E-state index contributed by atoms with van der Waals surface area (Å²) < 4.78 is 6.57. The molecule has 0 aliphatic carbocycles. The SMILES string of the molecule is Cc1cc(=O)oc2ccn(CCc3ccc(O)c(O)c3)c(=O)c12. The van der Waals surface area contributed by atoms with Gasteiger partial charge in [0, 0.05) is 18.8 Å². The fourth-order valence-electron chi connectivity index (χ4n) is 2.54. The predicted octanol–water partition coefficient (Wildman–Crippen LogP) is 1.92. The number of benzene rings is 1. The van der Waals surface area contributed by atoms with E-state index in [-0.39, 0.29) is 22.6 Å². The number of hydrogen-bond acceptors (Lipinski definition) is 5. The number of hydrogen-bond donors (Lipinski definition) is 2. The Hall–Kier alpha value is -3.02. The third kappa shape index (κ3) is 2.83. The molecule has 2 heterocycles. The highest BCUT2D eigenvalue weighted by Gasteiger charge is 2.09. The number of phenolic OH excluding ortho intramolecular Hbond substituents is 2. The fraction of sp³-hybridized carbons (Fsp3) is 0.176. The van der Waals surface area contributed by atoms with Crippen LogP contribution >= 0.6 is 0 Å². The van der Waals surface area contributed by atoms with Gasteiger partial charge in [-0.1, -0.05) is 6.07 Å². The molecule has 2 aromatic heterocycles. The lowest BCUT2D eigenvalue weighted by atomic mass is 10.1. The first-order chi connectivity index (χ1) is 11.0. The molecule has 0 bridgehead atoms. The summed E-state index contributed by atoms with van der Waals surface area (Å²) in [5, 5.41) is 19.2. The molecule has 0 unspecified atom stereocenters. The highest BCUT2D eigenvalue weighted by Crippen LogP contribution is 2.25. The smallest absolute Gasteiger partial charge is 0.336 e. The number of aryl methyl sites for hydroxylation is 3. The number of aromatic hydroxyl groups is 2.